The van der Waals surface area contributed by atoms with Crippen LogP contribution in [0.15, 0.2) is 109 Å². The van der Waals surface area contributed by atoms with E-state index in [4.69, 9.17) is 9.82 Å². The highest BCUT2D eigenvalue weighted by Gasteiger charge is 2.19. The van der Waals surface area contributed by atoms with Crippen LogP contribution in [-0.4, -0.2) is 15.7 Å². The highest BCUT2D eigenvalue weighted by Crippen LogP contribution is 2.33. The molecule has 0 aliphatic rings. The smallest absolute Gasteiger partial charge is 0.329 e. The standard InChI is InChI=1S/C28H18N2O2/c31-28(21-12-5-2-6-13-21)32-30-25-18-17-23-22-14-8-7-9-19(22)15-16-24(23)26(25)29-27(30)20-10-3-1-4-11-20/h1-18H. The first-order chi connectivity index (χ1) is 15.8. The Bertz CT molecular complexity index is 1600. The summed E-state index contributed by atoms with van der Waals surface area (Å²) in [4.78, 5) is 23.7. The number of fused-ring (bicyclic) bond motifs is 5. The van der Waals surface area contributed by atoms with Crippen LogP contribution >= 0.6 is 0 Å². The van der Waals surface area contributed by atoms with Crippen molar-refractivity contribution in [2.24, 2.45) is 0 Å². The van der Waals surface area contributed by atoms with E-state index in [-0.39, 0.29) is 0 Å². The van der Waals surface area contributed by atoms with Crippen molar-refractivity contribution in [3.05, 3.63) is 115 Å². The predicted octanol–water partition coefficient (Wildman–Crippen LogP) is 6.28. The van der Waals surface area contributed by atoms with Gasteiger partial charge >= 0.3 is 5.97 Å². The second kappa shape index (κ2) is 7.36. The third kappa shape index (κ3) is 2.93. The van der Waals surface area contributed by atoms with E-state index in [1.807, 2.05) is 66.7 Å². The van der Waals surface area contributed by atoms with Crippen LogP contribution in [0.2, 0.25) is 0 Å². The van der Waals surface area contributed by atoms with Crippen LogP contribution < -0.4 is 4.84 Å². The van der Waals surface area contributed by atoms with Gasteiger partial charge in [0, 0.05) is 10.9 Å². The Morgan fingerprint density at radius 2 is 1.34 bits per heavy atom. The van der Waals surface area contributed by atoms with Crippen molar-refractivity contribution in [1.82, 2.24) is 9.71 Å². The molecule has 0 unspecified atom stereocenters. The Morgan fingerprint density at radius 3 is 2.16 bits per heavy atom. The zero-order chi connectivity index (χ0) is 21.5. The second-order valence-electron chi connectivity index (χ2n) is 7.66. The Balaban J connectivity index is 1.61. The van der Waals surface area contributed by atoms with E-state index in [9.17, 15) is 4.79 Å². The molecule has 152 valence electrons. The molecule has 0 N–H and O–H groups in total. The number of hydrogen-bond donors (Lipinski definition) is 0. The van der Waals surface area contributed by atoms with Gasteiger partial charge in [0.05, 0.1) is 5.56 Å². The highest BCUT2D eigenvalue weighted by molar-refractivity contribution is 6.16. The van der Waals surface area contributed by atoms with Crippen LogP contribution in [0.25, 0.3) is 44.0 Å². The fourth-order valence-electron chi connectivity index (χ4n) is 4.18. The van der Waals surface area contributed by atoms with E-state index in [0.29, 0.717) is 11.4 Å². The van der Waals surface area contributed by atoms with E-state index < -0.39 is 5.97 Å². The summed E-state index contributed by atoms with van der Waals surface area (Å²) in [6, 6.07) is 35.3. The maximum Gasteiger partial charge on any atom is 0.363 e. The third-order valence-electron chi connectivity index (χ3n) is 5.72. The maximum absolute atomic E-state index is 12.9. The van der Waals surface area contributed by atoms with Crippen molar-refractivity contribution < 1.29 is 9.63 Å². The number of imidazole rings is 1. The number of aromatic nitrogens is 2. The number of carbonyl (C=O) groups is 1. The van der Waals surface area contributed by atoms with Crippen LogP contribution in [0.1, 0.15) is 10.4 Å². The van der Waals surface area contributed by atoms with Crippen molar-refractivity contribution in [3.63, 3.8) is 0 Å². The molecule has 0 radical (unpaired) electrons. The molecule has 0 aliphatic heterocycles. The lowest BCUT2D eigenvalue weighted by atomic mass is 10.0. The van der Waals surface area contributed by atoms with Crippen molar-refractivity contribution in [2.45, 2.75) is 0 Å². The molecule has 0 atom stereocenters. The molecule has 0 fully saturated rings. The quantitative estimate of drug-likeness (QED) is 0.320. The molecule has 0 bridgehead atoms. The van der Waals surface area contributed by atoms with Gasteiger partial charge in [-0.1, -0.05) is 91.0 Å². The van der Waals surface area contributed by atoms with Gasteiger partial charge in [-0.05, 0) is 34.4 Å². The summed E-state index contributed by atoms with van der Waals surface area (Å²) in [5.74, 6) is 0.159. The van der Waals surface area contributed by atoms with Crippen molar-refractivity contribution in [1.29, 1.82) is 0 Å². The summed E-state index contributed by atoms with van der Waals surface area (Å²) in [6.45, 7) is 0. The monoisotopic (exact) mass is 414 g/mol. The summed E-state index contributed by atoms with van der Waals surface area (Å²) >= 11 is 0. The lowest BCUT2D eigenvalue weighted by Gasteiger charge is -2.10. The summed E-state index contributed by atoms with van der Waals surface area (Å²) in [5.41, 5.74) is 2.91. The lowest BCUT2D eigenvalue weighted by molar-refractivity contribution is 0.0487. The maximum atomic E-state index is 12.9. The summed E-state index contributed by atoms with van der Waals surface area (Å²) in [6.07, 6.45) is 0. The average molecular weight is 414 g/mol. The molecule has 0 amide bonds. The van der Waals surface area contributed by atoms with Crippen LogP contribution in [0.5, 0.6) is 0 Å². The third-order valence-corrected chi connectivity index (χ3v) is 5.72. The molecule has 1 heterocycles. The van der Waals surface area contributed by atoms with Crippen molar-refractivity contribution in [3.8, 4) is 11.4 Å². The Labute approximate surface area is 184 Å². The Morgan fingerprint density at radius 1 is 0.656 bits per heavy atom. The van der Waals surface area contributed by atoms with Gasteiger partial charge in [-0.3, -0.25) is 0 Å². The van der Waals surface area contributed by atoms with E-state index in [2.05, 4.69) is 30.3 Å². The van der Waals surface area contributed by atoms with Gasteiger partial charge in [-0.2, -0.15) is 4.73 Å². The number of rotatable bonds is 3. The van der Waals surface area contributed by atoms with Crippen LogP contribution in [0, 0.1) is 0 Å². The molecule has 4 heteroatoms. The molecule has 4 nitrogen and oxygen atoms in total. The Hall–Kier alpha value is -4.44. The predicted molar refractivity (Wildman–Crippen MR) is 128 cm³/mol. The molecule has 0 saturated heterocycles. The topological polar surface area (TPSA) is 44.1 Å². The SMILES string of the molecule is O=C(On1c(-c2ccccc2)nc2c3ccc4ccccc4c3ccc21)c1ccccc1. The van der Waals surface area contributed by atoms with Gasteiger partial charge in [0.1, 0.15) is 11.0 Å². The molecule has 0 saturated carbocycles. The fraction of sp³-hybridized carbons (Fsp3) is 0. The number of benzene rings is 5. The number of carbonyl (C=O) groups excluding carboxylic acids is 1. The molecule has 1 aromatic heterocycles. The average Bonchev–Trinajstić information content (AvgIpc) is 3.23. The number of nitrogens with zero attached hydrogens (tertiary/aromatic N) is 2. The van der Waals surface area contributed by atoms with Crippen LogP contribution in [0.3, 0.4) is 0 Å². The zero-order valence-electron chi connectivity index (χ0n) is 17.1. The minimum absolute atomic E-state index is 0.430. The molecule has 0 aliphatic carbocycles. The molecular weight excluding hydrogens is 396 g/mol. The van der Waals surface area contributed by atoms with Crippen molar-refractivity contribution in [2.75, 3.05) is 0 Å². The molecular formula is C28H18N2O2. The molecule has 32 heavy (non-hydrogen) atoms. The largest absolute Gasteiger partial charge is 0.363 e. The van der Waals surface area contributed by atoms with Gasteiger partial charge in [-0.25, -0.2) is 9.78 Å². The van der Waals surface area contributed by atoms with E-state index >= 15 is 0 Å². The second-order valence-corrected chi connectivity index (χ2v) is 7.66. The summed E-state index contributed by atoms with van der Waals surface area (Å²) in [7, 11) is 0. The van der Waals surface area contributed by atoms with Gasteiger partial charge in [-0.15, -0.1) is 0 Å². The van der Waals surface area contributed by atoms with Gasteiger partial charge in [0.2, 0.25) is 0 Å². The molecule has 6 rings (SSSR count). The molecule has 0 spiro atoms. The zero-order valence-corrected chi connectivity index (χ0v) is 17.1. The van der Waals surface area contributed by atoms with Crippen LogP contribution in [-0.2, 0) is 0 Å². The van der Waals surface area contributed by atoms with Gasteiger partial charge < -0.3 is 4.84 Å². The van der Waals surface area contributed by atoms with Crippen LogP contribution in [0.4, 0.5) is 0 Å². The fourth-order valence-corrected chi connectivity index (χ4v) is 4.18. The van der Waals surface area contributed by atoms with E-state index in [1.54, 1.807) is 16.9 Å². The number of hydrogen-bond acceptors (Lipinski definition) is 3. The molecule has 6 aromatic rings. The first kappa shape index (κ1) is 18.3. The minimum atomic E-state index is -0.430. The van der Waals surface area contributed by atoms with Crippen molar-refractivity contribution >= 4 is 38.5 Å². The first-order valence-corrected chi connectivity index (χ1v) is 10.5. The normalized spacial score (nSPS) is 11.2. The highest BCUT2D eigenvalue weighted by atomic mass is 16.7. The summed E-state index contributed by atoms with van der Waals surface area (Å²) in [5, 5.41) is 4.49. The van der Waals surface area contributed by atoms with E-state index in [1.165, 1.54) is 10.8 Å². The lowest BCUT2D eigenvalue weighted by Crippen LogP contribution is -2.20. The minimum Gasteiger partial charge on any atom is -0.329 e. The molecule has 5 aromatic carbocycles. The van der Waals surface area contributed by atoms with Gasteiger partial charge in [0.25, 0.3) is 0 Å². The van der Waals surface area contributed by atoms with E-state index in [0.717, 1.165) is 27.4 Å². The first-order valence-electron chi connectivity index (χ1n) is 10.5. The Kier molecular flexibility index (Phi) is 4.22. The summed E-state index contributed by atoms with van der Waals surface area (Å²) < 4.78 is 1.55. The van der Waals surface area contributed by atoms with Gasteiger partial charge in [0.15, 0.2) is 5.82 Å².